The van der Waals surface area contributed by atoms with Crippen LogP contribution in [0.15, 0.2) is 23.2 Å². The average Bonchev–Trinajstić information content (AvgIpc) is 2.52. The topological polar surface area (TPSA) is 71.0 Å². The van der Waals surface area contributed by atoms with Crippen LogP contribution in [0, 0.1) is 0 Å². The number of hydrogen-bond donors (Lipinski definition) is 1. The van der Waals surface area contributed by atoms with Gasteiger partial charge in [0.05, 0.1) is 17.6 Å². The lowest BCUT2D eigenvalue weighted by Gasteiger charge is -2.39. The zero-order valence-corrected chi connectivity index (χ0v) is 16.0. The Balaban J connectivity index is 2.09. The van der Waals surface area contributed by atoms with Crippen molar-refractivity contribution in [2.24, 2.45) is 4.99 Å². The molecule has 0 unspecified atom stereocenters. The third-order valence-corrected chi connectivity index (χ3v) is 7.01. The Morgan fingerprint density at radius 2 is 2.17 bits per heavy atom. The molecule has 2 rings (SSSR count). The van der Waals surface area contributed by atoms with Crippen molar-refractivity contribution in [3.63, 3.8) is 0 Å². The number of nitrogens with one attached hydrogen (secondary N) is 1. The molecular weight excluding hydrogens is 350 g/mol. The first-order chi connectivity index (χ1) is 11.2. The predicted octanol–water partition coefficient (Wildman–Crippen LogP) is 1.93. The number of rotatable bonds is 3. The molecule has 6 nitrogen and oxygen atoms in total. The fourth-order valence-corrected chi connectivity index (χ4v) is 4.22. The van der Waals surface area contributed by atoms with Gasteiger partial charge in [-0.05, 0) is 26.0 Å². The maximum atomic E-state index is 12.1. The van der Waals surface area contributed by atoms with E-state index in [1.807, 2.05) is 11.0 Å². The number of benzene rings is 1. The molecule has 24 heavy (non-hydrogen) atoms. The summed E-state index contributed by atoms with van der Waals surface area (Å²) in [5.74, 6) is 1.51. The molecular formula is C16H24ClN3O3S. The summed E-state index contributed by atoms with van der Waals surface area (Å²) in [5, 5.41) is 3.89. The summed E-state index contributed by atoms with van der Waals surface area (Å²) in [7, 11) is 0.214. The van der Waals surface area contributed by atoms with Crippen LogP contribution in [0.25, 0.3) is 0 Å². The van der Waals surface area contributed by atoms with E-state index in [4.69, 9.17) is 16.3 Å². The molecule has 1 aliphatic rings. The summed E-state index contributed by atoms with van der Waals surface area (Å²) >= 11 is 5.98. The van der Waals surface area contributed by atoms with Crippen LogP contribution in [0.2, 0.25) is 5.02 Å². The molecule has 0 aromatic heterocycles. The monoisotopic (exact) mass is 373 g/mol. The van der Waals surface area contributed by atoms with E-state index in [2.05, 4.69) is 10.3 Å². The van der Waals surface area contributed by atoms with Crippen molar-refractivity contribution in [3.8, 4) is 5.75 Å². The van der Waals surface area contributed by atoms with E-state index in [9.17, 15) is 8.42 Å². The Hall–Kier alpha value is -1.47. The molecule has 0 amide bonds. The molecule has 0 atom stereocenters. The van der Waals surface area contributed by atoms with Crippen molar-refractivity contribution in [1.82, 2.24) is 10.2 Å². The molecule has 1 aromatic carbocycles. The summed E-state index contributed by atoms with van der Waals surface area (Å²) in [6, 6.07) is 5.46. The minimum Gasteiger partial charge on any atom is -0.496 e. The molecule has 1 fully saturated rings. The summed E-state index contributed by atoms with van der Waals surface area (Å²) in [6.07, 6.45) is 0. The van der Waals surface area contributed by atoms with E-state index in [1.54, 1.807) is 40.1 Å². The first-order valence-corrected chi connectivity index (χ1v) is 9.73. The van der Waals surface area contributed by atoms with E-state index < -0.39 is 14.6 Å². The maximum Gasteiger partial charge on any atom is 0.193 e. The summed E-state index contributed by atoms with van der Waals surface area (Å²) in [5.41, 5.74) is 0.951. The molecule has 1 heterocycles. The van der Waals surface area contributed by atoms with E-state index in [-0.39, 0.29) is 5.75 Å². The first-order valence-electron chi connectivity index (χ1n) is 7.70. The van der Waals surface area contributed by atoms with E-state index in [0.717, 1.165) is 5.56 Å². The average molecular weight is 374 g/mol. The Bertz CT molecular complexity index is 732. The fourth-order valence-electron chi connectivity index (χ4n) is 2.70. The van der Waals surface area contributed by atoms with Crippen molar-refractivity contribution in [1.29, 1.82) is 0 Å². The standard InChI is InChI=1S/C16H24ClN3O3S/c1-16(2)11-20(7-8-24(16,21)22)15(18-3)19-10-12-5-6-13(17)9-14(12)23-4/h5-6,9H,7-8,10-11H2,1-4H3,(H,18,19). The van der Waals surface area contributed by atoms with Gasteiger partial charge in [0.15, 0.2) is 15.8 Å². The maximum absolute atomic E-state index is 12.1. The number of halogens is 1. The molecule has 1 N–H and O–H groups in total. The molecule has 1 saturated heterocycles. The molecule has 0 radical (unpaired) electrons. The van der Waals surface area contributed by atoms with Crippen molar-refractivity contribution in [2.75, 3.05) is 33.0 Å². The van der Waals surface area contributed by atoms with Crippen LogP contribution in [-0.2, 0) is 16.4 Å². The van der Waals surface area contributed by atoms with Gasteiger partial charge in [-0.15, -0.1) is 0 Å². The van der Waals surface area contributed by atoms with Crippen molar-refractivity contribution in [3.05, 3.63) is 28.8 Å². The molecule has 1 aliphatic heterocycles. The highest BCUT2D eigenvalue weighted by Crippen LogP contribution is 2.25. The van der Waals surface area contributed by atoms with Gasteiger partial charge in [-0.2, -0.15) is 0 Å². The summed E-state index contributed by atoms with van der Waals surface area (Å²) in [4.78, 5) is 6.26. The first kappa shape index (κ1) is 18.9. The Kier molecular flexibility index (Phi) is 5.65. The van der Waals surface area contributed by atoms with E-state index in [1.165, 1.54) is 0 Å². The Labute approximate surface area is 148 Å². The third kappa shape index (κ3) is 3.95. The van der Waals surface area contributed by atoms with Gasteiger partial charge in [0, 0.05) is 37.3 Å². The van der Waals surface area contributed by atoms with Crippen LogP contribution in [0.3, 0.4) is 0 Å². The van der Waals surface area contributed by atoms with Crippen LogP contribution in [0.4, 0.5) is 0 Å². The lowest BCUT2D eigenvalue weighted by molar-refractivity contribution is 0.352. The van der Waals surface area contributed by atoms with Gasteiger partial charge in [0.25, 0.3) is 0 Å². The van der Waals surface area contributed by atoms with E-state index in [0.29, 0.717) is 36.4 Å². The number of nitrogens with zero attached hydrogens (tertiary/aromatic N) is 2. The van der Waals surface area contributed by atoms with Gasteiger partial charge in [0.1, 0.15) is 5.75 Å². The highest BCUT2D eigenvalue weighted by atomic mass is 35.5. The van der Waals surface area contributed by atoms with Crippen molar-refractivity contribution >= 4 is 27.4 Å². The molecule has 1 aromatic rings. The SMILES string of the molecule is CN=C(NCc1ccc(Cl)cc1OC)N1CCS(=O)(=O)C(C)(C)C1. The van der Waals surface area contributed by atoms with Gasteiger partial charge in [-0.3, -0.25) is 4.99 Å². The zero-order chi connectivity index (χ0) is 18.0. The Morgan fingerprint density at radius 1 is 1.46 bits per heavy atom. The number of ether oxygens (including phenoxy) is 1. The lowest BCUT2D eigenvalue weighted by atomic mass is 10.2. The van der Waals surface area contributed by atoms with Crippen LogP contribution >= 0.6 is 11.6 Å². The minimum atomic E-state index is -3.08. The van der Waals surface area contributed by atoms with Crippen molar-refractivity contribution < 1.29 is 13.2 Å². The predicted molar refractivity (Wildman–Crippen MR) is 97.6 cm³/mol. The zero-order valence-electron chi connectivity index (χ0n) is 14.5. The van der Waals surface area contributed by atoms with Gasteiger partial charge in [-0.25, -0.2) is 8.42 Å². The third-order valence-electron chi connectivity index (χ3n) is 4.24. The Morgan fingerprint density at radius 3 is 2.75 bits per heavy atom. The molecule has 0 spiro atoms. The number of hydrogen-bond acceptors (Lipinski definition) is 4. The van der Waals surface area contributed by atoms with Gasteiger partial charge < -0.3 is 15.0 Å². The largest absolute Gasteiger partial charge is 0.496 e. The second-order valence-corrected chi connectivity index (χ2v) is 9.54. The second kappa shape index (κ2) is 7.19. The van der Waals surface area contributed by atoms with Gasteiger partial charge in [-0.1, -0.05) is 17.7 Å². The van der Waals surface area contributed by atoms with Crippen LogP contribution in [-0.4, -0.2) is 57.0 Å². The number of sulfone groups is 1. The number of guanidine groups is 1. The molecule has 0 bridgehead atoms. The highest BCUT2D eigenvalue weighted by molar-refractivity contribution is 7.92. The number of methoxy groups -OCH3 is 1. The number of aliphatic imine (C=N–C) groups is 1. The summed E-state index contributed by atoms with van der Waals surface area (Å²) in [6.45, 7) is 4.86. The van der Waals surface area contributed by atoms with E-state index >= 15 is 0 Å². The normalized spacial score (nSPS) is 19.9. The quantitative estimate of drug-likeness (QED) is 0.647. The van der Waals surface area contributed by atoms with Crippen LogP contribution in [0.5, 0.6) is 5.75 Å². The van der Waals surface area contributed by atoms with Crippen molar-refractivity contribution in [2.45, 2.75) is 25.1 Å². The molecule has 0 saturated carbocycles. The minimum absolute atomic E-state index is 0.130. The molecule has 134 valence electrons. The van der Waals surface area contributed by atoms with Crippen LogP contribution in [0.1, 0.15) is 19.4 Å². The summed E-state index contributed by atoms with van der Waals surface area (Å²) < 4.78 is 28.8. The fraction of sp³-hybridized carbons (Fsp3) is 0.562. The molecule has 0 aliphatic carbocycles. The smallest absolute Gasteiger partial charge is 0.193 e. The lowest BCUT2D eigenvalue weighted by Crippen LogP contribution is -2.57. The van der Waals surface area contributed by atoms with Gasteiger partial charge >= 0.3 is 0 Å². The van der Waals surface area contributed by atoms with Crippen LogP contribution < -0.4 is 10.1 Å². The van der Waals surface area contributed by atoms with Gasteiger partial charge in [0.2, 0.25) is 0 Å². The molecule has 8 heteroatoms. The highest BCUT2D eigenvalue weighted by Gasteiger charge is 2.40. The second-order valence-electron chi connectivity index (χ2n) is 6.36.